The van der Waals surface area contributed by atoms with E-state index >= 15 is 0 Å². The fourth-order valence-electron chi connectivity index (χ4n) is 2.97. The monoisotopic (exact) mass is 457 g/mol. The Morgan fingerprint density at radius 1 is 0.818 bits per heavy atom. The number of hydrogen-bond acceptors (Lipinski definition) is 6. The first-order valence-electron chi connectivity index (χ1n) is 11.6. The molecule has 1 N–H and O–H groups in total. The first-order valence-corrected chi connectivity index (χ1v) is 11.6. The van der Waals surface area contributed by atoms with Crippen LogP contribution in [0.15, 0.2) is 42.5 Å². The molecule has 0 bridgehead atoms. The molecule has 0 saturated carbocycles. The number of alkyl carbamates (subject to hydrolysis) is 1. The van der Waals surface area contributed by atoms with E-state index in [4.69, 9.17) is 14.2 Å². The lowest BCUT2D eigenvalue weighted by Gasteiger charge is -2.20. The van der Waals surface area contributed by atoms with Crippen molar-refractivity contribution in [2.45, 2.75) is 52.9 Å². The van der Waals surface area contributed by atoms with Crippen LogP contribution in [0, 0.1) is 5.41 Å². The van der Waals surface area contributed by atoms with Crippen LogP contribution < -0.4 is 5.32 Å². The molecule has 1 amide bonds. The third-order valence-corrected chi connectivity index (χ3v) is 5.53. The van der Waals surface area contributed by atoms with E-state index < -0.39 is 11.5 Å². The SMILES string of the molecule is CCC(C)(C)C(=O)OCCNC(=O)OCCCCCCOC(=O)c1ccc2ccccc2c1. The number of hydrogen-bond donors (Lipinski definition) is 1. The summed E-state index contributed by atoms with van der Waals surface area (Å²) in [5.41, 5.74) is 0.0342. The Kier molecular flexibility index (Phi) is 10.7. The van der Waals surface area contributed by atoms with Gasteiger partial charge in [-0.1, -0.05) is 37.3 Å². The fraction of sp³-hybridized carbons (Fsp3) is 0.500. The number of unbranched alkanes of at least 4 members (excludes halogenated alkanes) is 3. The number of carbonyl (C=O) groups is 3. The molecule has 33 heavy (non-hydrogen) atoms. The number of amides is 1. The van der Waals surface area contributed by atoms with Gasteiger partial charge < -0.3 is 19.5 Å². The summed E-state index contributed by atoms with van der Waals surface area (Å²) in [5, 5.41) is 4.66. The molecule has 0 radical (unpaired) electrons. The highest BCUT2D eigenvalue weighted by atomic mass is 16.6. The molecule has 2 rings (SSSR count). The third kappa shape index (κ3) is 9.12. The van der Waals surface area contributed by atoms with Crippen LogP contribution in [-0.4, -0.2) is 44.4 Å². The molecule has 7 nitrogen and oxygen atoms in total. The van der Waals surface area contributed by atoms with Gasteiger partial charge in [-0.05, 0) is 68.9 Å². The second-order valence-electron chi connectivity index (χ2n) is 8.55. The van der Waals surface area contributed by atoms with Crippen LogP contribution in [0.4, 0.5) is 4.79 Å². The minimum absolute atomic E-state index is 0.120. The standard InChI is InChI=1S/C26H35NO6/c1-4-26(2,3)24(29)32-18-15-27-25(30)33-17-10-6-5-9-16-31-23(28)22-14-13-20-11-7-8-12-21(20)19-22/h7-8,11-14,19H,4-6,9-10,15-18H2,1-3H3,(H,27,30). The van der Waals surface area contributed by atoms with E-state index in [9.17, 15) is 14.4 Å². The lowest BCUT2D eigenvalue weighted by Crippen LogP contribution is -2.32. The van der Waals surface area contributed by atoms with Crippen molar-refractivity contribution in [3.63, 3.8) is 0 Å². The van der Waals surface area contributed by atoms with E-state index in [0.29, 0.717) is 25.2 Å². The third-order valence-electron chi connectivity index (χ3n) is 5.53. The summed E-state index contributed by atoms with van der Waals surface area (Å²) in [7, 11) is 0. The molecular formula is C26H35NO6. The molecule has 0 unspecified atom stereocenters. The maximum atomic E-state index is 12.2. The highest BCUT2D eigenvalue weighted by molar-refractivity contribution is 5.95. The summed E-state index contributed by atoms with van der Waals surface area (Å²) in [6.45, 7) is 6.58. The van der Waals surface area contributed by atoms with Gasteiger partial charge in [-0.2, -0.15) is 0 Å². The Hall–Kier alpha value is -3.09. The van der Waals surface area contributed by atoms with Crippen LogP contribution in [0.5, 0.6) is 0 Å². The van der Waals surface area contributed by atoms with Gasteiger partial charge in [0.25, 0.3) is 0 Å². The van der Waals surface area contributed by atoms with Gasteiger partial charge >= 0.3 is 18.0 Å². The quantitative estimate of drug-likeness (QED) is 0.251. The zero-order valence-corrected chi connectivity index (χ0v) is 19.9. The maximum Gasteiger partial charge on any atom is 0.407 e. The average Bonchev–Trinajstić information content (AvgIpc) is 2.82. The topological polar surface area (TPSA) is 90.9 Å². The Bertz CT molecular complexity index is 924. The van der Waals surface area contributed by atoms with Crippen molar-refractivity contribution >= 4 is 28.8 Å². The first kappa shape index (κ1) is 26.2. The van der Waals surface area contributed by atoms with Crippen LogP contribution in [0.1, 0.15) is 63.2 Å². The minimum atomic E-state index is -0.523. The van der Waals surface area contributed by atoms with Crippen molar-refractivity contribution in [1.29, 1.82) is 0 Å². The Balaban J connectivity index is 1.47. The van der Waals surface area contributed by atoms with E-state index in [0.717, 1.165) is 36.5 Å². The molecule has 0 saturated heterocycles. The molecule has 7 heteroatoms. The number of rotatable bonds is 13. The molecular weight excluding hydrogens is 422 g/mol. The predicted octanol–water partition coefficient (Wildman–Crippen LogP) is 5.26. The summed E-state index contributed by atoms with van der Waals surface area (Å²) in [6, 6.07) is 13.4. The molecule has 0 aromatic heterocycles. The summed E-state index contributed by atoms with van der Waals surface area (Å²) >= 11 is 0. The van der Waals surface area contributed by atoms with Gasteiger partial charge in [0.2, 0.25) is 0 Å². The maximum absolute atomic E-state index is 12.2. The summed E-state index contributed by atoms with van der Waals surface area (Å²) in [5.74, 6) is -0.590. The second-order valence-corrected chi connectivity index (χ2v) is 8.55. The Labute approximate surface area is 195 Å². The average molecular weight is 458 g/mol. The van der Waals surface area contributed by atoms with E-state index in [1.54, 1.807) is 6.07 Å². The smallest absolute Gasteiger partial charge is 0.407 e. The van der Waals surface area contributed by atoms with Crippen LogP contribution in [0.2, 0.25) is 0 Å². The van der Waals surface area contributed by atoms with Crippen molar-refractivity contribution in [2.24, 2.45) is 5.41 Å². The van der Waals surface area contributed by atoms with Gasteiger partial charge in [0.1, 0.15) is 6.61 Å². The van der Waals surface area contributed by atoms with E-state index in [1.807, 2.05) is 57.2 Å². The normalized spacial score (nSPS) is 11.1. The molecule has 0 aliphatic rings. The summed E-state index contributed by atoms with van der Waals surface area (Å²) in [6.07, 6.45) is 3.39. The van der Waals surface area contributed by atoms with Crippen molar-refractivity contribution in [1.82, 2.24) is 5.32 Å². The molecule has 0 aliphatic heterocycles. The first-order chi connectivity index (χ1) is 15.8. The number of nitrogens with one attached hydrogen (secondary N) is 1. The van der Waals surface area contributed by atoms with E-state index in [-0.39, 0.29) is 25.1 Å². The fourth-order valence-corrected chi connectivity index (χ4v) is 2.97. The lowest BCUT2D eigenvalue weighted by atomic mass is 9.91. The minimum Gasteiger partial charge on any atom is -0.463 e. The lowest BCUT2D eigenvalue weighted by molar-refractivity contribution is -0.153. The molecule has 0 aliphatic carbocycles. The number of carbonyl (C=O) groups excluding carboxylic acids is 3. The van der Waals surface area contributed by atoms with Gasteiger partial charge in [-0.15, -0.1) is 0 Å². The molecule has 180 valence electrons. The van der Waals surface area contributed by atoms with Crippen molar-refractivity contribution < 1.29 is 28.6 Å². The summed E-state index contributed by atoms with van der Waals surface area (Å²) < 4.78 is 15.6. The number of ether oxygens (including phenoxy) is 3. The molecule has 0 spiro atoms. The molecule has 2 aromatic rings. The zero-order chi connectivity index (χ0) is 24.1. The Morgan fingerprint density at radius 3 is 2.18 bits per heavy atom. The highest BCUT2D eigenvalue weighted by Gasteiger charge is 2.26. The van der Waals surface area contributed by atoms with Gasteiger partial charge in [-0.3, -0.25) is 4.79 Å². The number of fused-ring (bicyclic) bond motifs is 1. The van der Waals surface area contributed by atoms with Crippen LogP contribution in [-0.2, 0) is 19.0 Å². The number of esters is 2. The number of benzene rings is 2. The van der Waals surface area contributed by atoms with E-state index in [1.165, 1.54) is 0 Å². The largest absolute Gasteiger partial charge is 0.463 e. The molecule has 2 aromatic carbocycles. The summed E-state index contributed by atoms with van der Waals surface area (Å²) in [4.78, 5) is 35.7. The van der Waals surface area contributed by atoms with Gasteiger partial charge in [0.15, 0.2) is 0 Å². The molecule has 0 atom stereocenters. The van der Waals surface area contributed by atoms with Crippen molar-refractivity contribution in [2.75, 3.05) is 26.4 Å². The van der Waals surface area contributed by atoms with Crippen LogP contribution in [0.3, 0.4) is 0 Å². The van der Waals surface area contributed by atoms with E-state index in [2.05, 4.69) is 5.32 Å². The second kappa shape index (κ2) is 13.5. The van der Waals surface area contributed by atoms with Crippen LogP contribution >= 0.6 is 0 Å². The van der Waals surface area contributed by atoms with Gasteiger partial charge in [0, 0.05) is 0 Å². The van der Waals surface area contributed by atoms with Crippen molar-refractivity contribution in [3.8, 4) is 0 Å². The van der Waals surface area contributed by atoms with Crippen LogP contribution in [0.25, 0.3) is 10.8 Å². The highest BCUT2D eigenvalue weighted by Crippen LogP contribution is 2.21. The van der Waals surface area contributed by atoms with Gasteiger partial charge in [-0.25, -0.2) is 9.59 Å². The zero-order valence-electron chi connectivity index (χ0n) is 19.9. The molecule has 0 heterocycles. The predicted molar refractivity (Wildman–Crippen MR) is 127 cm³/mol. The van der Waals surface area contributed by atoms with Crippen molar-refractivity contribution in [3.05, 3.63) is 48.0 Å². The molecule has 0 fully saturated rings. The van der Waals surface area contributed by atoms with Gasteiger partial charge in [0.05, 0.1) is 30.7 Å². The Morgan fingerprint density at radius 2 is 1.48 bits per heavy atom.